The molecule has 2 N–H and O–H groups in total. The minimum Gasteiger partial charge on any atom is -0.326 e. The van der Waals surface area contributed by atoms with Crippen LogP contribution < -0.4 is 5.73 Å². The number of benzene rings is 2. The smallest absolute Gasteiger partial charge is 0.326 e. The summed E-state index contributed by atoms with van der Waals surface area (Å²) in [6.45, 7) is 0.612. The Labute approximate surface area is 98.4 Å². The Morgan fingerprint density at radius 3 is 2.12 bits per heavy atom. The van der Waals surface area contributed by atoms with E-state index in [1.54, 1.807) is 0 Å². The normalized spacial score (nSPS) is 10.8. The zero-order chi connectivity index (χ0) is 12.9. The topological polar surface area (TPSA) is 60.2 Å². The van der Waals surface area contributed by atoms with Crippen molar-refractivity contribution in [2.24, 2.45) is 5.73 Å². The average Bonchev–Trinajstić information content (AvgIpc) is 2.26. The van der Waals surface area contributed by atoms with Crippen molar-refractivity contribution in [3.05, 3.63) is 48.0 Å². The van der Waals surface area contributed by atoms with E-state index in [0.717, 1.165) is 0 Å². The molecule has 0 aliphatic rings. The van der Waals surface area contributed by atoms with Crippen molar-refractivity contribution in [2.45, 2.75) is 6.54 Å². The van der Waals surface area contributed by atoms with Gasteiger partial charge in [-0.1, -0.05) is 50.2 Å². The van der Waals surface area contributed by atoms with E-state index in [9.17, 15) is 7.77 Å². The second-order valence-corrected chi connectivity index (χ2v) is 3.98. The molecule has 2 aromatic rings. The summed E-state index contributed by atoms with van der Waals surface area (Å²) >= 11 is 0. The van der Waals surface area contributed by atoms with Gasteiger partial charge in [0.1, 0.15) is 0 Å². The highest BCUT2D eigenvalue weighted by Crippen LogP contribution is 2.17. The highest BCUT2D eigenvalue weighted by atomic mass is 32.3. The lowest BCUT2D eigenvalue weighted by atomic mass is 10.1. The molecule has 92 valence electrons. The van der Waals surface area contributed by atoms with E-state index in [4.69, 9.17) is 14.2 Å². The molecular formula is C11H11F2NO2S. The van der Waals surface area contributed by atoms with Crippen LogP contribution in [0.15, 0.2) is 42.5 Å². The molecule has 0 aliphatic heterocycles. The molecule has 0 aliphatic carbocycles. The summed E-state index contributed by atoms with van der Waals surface area (Å²) in [6.07, 6.45) is 0. The maximum atomic E-state index is 9.99. The summed E-state index contributed by atoms with van der Waals surface area (Å²) in [4.78, 5) is 0. The number of hydrogen-bond acceptors (Lipinski definition) is 3. The molecule has 0 radical (unpaired) electrons. The van der Waals surface area contributed by atoms with Gasteiger partial charge in [0.05, 0.1) is 0 Å². The number of fused-ring (bicyclic) bond motifs is 1. The lowest BCUT2D eigenvalue weighted by Crippen LogP contribution is -1.96. The molecular weight excluding hydrogens is 248 g/mol. The molecule has 0 aromatic heterocycles. The van der Waals surface area contributed by atoms with Gasteiger partial charge in [0.15, 0.2) is 0 Å². The molecule has 17 heavy (non-hydrogen) atoms. The van der Waals surface area contributed by atoms with E-state index in [-0.39, 0.29) is 0 Å². The minimum atomic E-state index is -5.67. The molecule has 6 heteroatoms. The zero-order valence-corrected chi connectivity index (χ0v) is 9.62. The Bertz CT molecular complexity index is 586. The highest BCUT2D eigenvalue weighted by Gasteiger charge is 1.96. The molecule has 0 saturated carbocycles. The van der Waals surface area contributed by atoms with Crippen LogP contribution in [0.2, 0.25) is 0 Å². The van der Waals surface area contributed by atoms with Gasteiger partial charge < -0.3 is 5.73 Å². The molecule has 0 heterocycles. The van der Waals surface area contributed by atoms with Gasteiger partial charge in [-0.25, -0.2) is 0 Å². The van der Waals surface area contributed by atoms with Crippen LogP contribution in [0.5, 0.6) is 0 Å². The molecule has 0 saturated heterocycles. The SMILES string of the molecule is NCc1cccc2ccccc12.O=S(=O)(F)F. The third-order valence-corrected chi connectivity index (χ3v) is 2.10. The van der Waals surface area contributed by atoms with Crippen LogP contribution in [-0.2, 0) is 17.2 Å². The molecule has 0 unspecified atom stereocenters. The monoisotopic (exact) mass is 259 g/mol. The molecule has 0 amide bonds. The largest absolute Gasteiger partial charge is 0.476 e. The summed E-state index contributed by atoms with van der Waals surface area (Å²) in [5.74, 6) is 0. The second kappa shape index (κ2) is 5.70. The first kappa shape index (κ1) is 13.5. The van der Waals surface area contributed by atoms with Gasteiger partial charge in [0.2, 0.25) is 0 Å². The Kier molecular flexibility index (Phi) is 4.53. The molecule has 0 spiro atoms. The highest BCUT2D eigenvalue weighted by molar-refractivity contribution is 7.81. The van der Waals surface area contributed by atoms with E-state index in [1.165, 1.54) is 16.3 Å². The molecule has 0 bridgehead atoms. The first-order valence-electron chi connectivity index (χ1n) is 4.73. The van der Waals surface area contributed by atoms with E-state index in [2.05, 4.69) is 24.3 Å². The lowest BCUT2D eigenvalue weighted by Gasteiger charge is -2.02. The van der Waals surface area contributed by atoms with Crippen molar-refractivity contribution in [1.29, 1.82) is 0 Å². The number of rotatable bonds is 1. The van der Waals surface area contributed by atoms with E-state index in [0.29, 0.717) is 6.54 Å². The average molecular weight is 259 g/mol. The molecule has 3 nitrogen and oxygen atoms in total. The van der Waals surface area contributed by atoms with Gasteiger partial charge in [-0.3, -0.25) is 0 Å². The maximum absolute atomic E-state index is 9.99. The molecule has 0 atom stereocenters. The summed E-state index contributed by atoms with van der Waals surface area (Å²) in [7, 11) is -5.67. The van der Waals surface area contributed by atoms with Crippen LogP contribution in [0.3, 0.4) is 0 Å². The lowest BCUT2D eigenvalue weighted by molar-refractivity contribution is 0.501. The quantitative estimate of drug-likeness (QED) is 0.800. The standard InChI is InChI=1S/C11H11N.F2O2S/c12-8-10-6-3-5-9-4-1-2-7-11(9)10;1-5(2,3)4/h1-7H,8,12H2;. The fraction of sp³-hybridized carbons (Fsp3) is 0.0909. The zero-order valence-electron chi connectivity index (χ0n) is 8.81. The first-order chi connectivity index (χ1) is 7.92. The summed E-state index contributed by atoms with van der Waals surface area (Å²) in [5, 5.41) is 2.53. The van der Waals surface area contributed by atoms with Crippen molar-refractivity contribution in [2.75, 3.05) is 0 Å². The third-order valence-electron chi connectivity index (χ3n) is 2.10. The number of halogens is 2. The summed E-state index contributed by atoms with van der Waals surface area (Å²) in [6, 6.07) is 14.5. The van der Waals surface area contributed by atoms with Crippen LogP contribution >= 0.6 is 0 Å². The van der Waals surface area contributed by atoms with Crippen molar-refractivity contribution in [3.8, 4) is 0 Å². The van der Waals surface area contributed by atoms with E-state index >= 15 is 0 Å². The fourth-order valence-corrected chi connectivity index (χ4v) is 1.47. The second-order valence-electron chi connectivity index (χ2n) is 3.22. The Hall–Kier alpha value is -1.53. The first-order valence-corrected chi connectivity index (χ1v) is 6.01. The van der Waals surface area contributed by atoms with Gasteiger partial charge in [0.25, 0.3) is 0 Å². The number of hydrogen-bond donors (Lipinski definition) is 1. The van der Waals surface area contributed by atoms with Gasteiger partial charge in [-0.2, -0.15) is 8.42 Å². The predicted molar refractivity (Wildman–Crippen MR) is 63.0 cm³/mol. The van der Waals surface area contributed by atoms with Crippen LogP contribution in [0.25, 0.3) is 10.8 Å². The Morgan fingerprint density at radius 1 is 1.00 bits per heavy atom. The molecule has 2 aromatic carbocycles. The third kappa shape index (κ3) is 4.88. The van der Waals surface area contributed by atoms with Gasteiger partial charge >= 0.3 is 10.6 Å². The van der Waals surface area contributed by atoms with Gasteiger partial charge in [-0.15, -0.1) is 0 Å². The van der Waals surface area contributed by atoms with Crippen molar-refractivity contribution in [1.82, 2.24) is 0 Å². The summed E-state index contributed by atoms with van der Waals surface area (Å²) in [5.41, 5.74) is 6.83. The van der Waals surface area contributed by atoms with Gasteiger partial charge in [0, 0.05) is 6.54 Å². The van der Waals surface area contributed by atoms with Crippen LogP contribution in [0.1, 0.15) is 5.56 Å². The molecule has 0 fully saturated rings. The Balaban J connectivity index is 0.000000249. The minimum absolute atomic E-state index is 0.612. The predicted octanol–water partition coefficient (Wildman–Crippen LogP) is 2.47. The van der Waals surface area contributed by atoms with Crippen molar-refractivity contribution in [3.63, 3.8) is 0 Å². The van der Waals surface area contributed by atoms with E-state index in [1.807, 2.05) is 18.2 Å². The Morgan fingerprint density at radius 2 is 1.53 bits per heavy atom. The fourth-order valence-electron chi connectivity index (χ4n) is 1.47. The van der Waals surface area contributed by atoms with Gasteiger partial charge in [-0.05, 0) is 16.3 Å². The van der Waals surface area contributed by atoms with Crippen LogP contribution in [-0.4, -0.2) is 8.42 Å². The van der Waals surface area contributed by atoms with Crippen molar-refractivity contribution < 1.29 is 16.2 Å². The summed E-state index contributed by atoms with van der Waals surface area (Å²) < 4.78 is 36.6. The molecule has 2 rings (SSSR count). The van der Waals surface area contributed by atoms with Crippen LogP contribution in [0.4, 0.5) is 7.77 Å². The van der Waals surface area contributed by atoms with Crippen molar-refractivity contribution >= 4 is 21.4 Å². The maximum Gasteiger partial charge on any atom is 0.476 e. The number of nitrogens with two attached hydrogens (primary N) is 1. The van der Waals surface area contributed by atoms with Crippen LogP contribution in [0, 0.1) is 0 Å². The van der Waals surface area contributed by atoms with E-state index < -0.39 is 10.6 Å².